The Bertz CT molecular complexity index is 1420. The highest BCUT2D eigenvalue weighted by Gasteiger charge is 2.28. The fourth-order valence-corrected chi connectivity index (χ4v) is 4.32. The van der Waals surface area contributed by atoms with Crippen molar-refractivity contribution in [3.8, 4) is 17.0 Å². The molecule has 9 nitrogen and oxygen atoms in total. The highest BCUT2D eigenvalue weighted by Crippen LogP contribution is 2.38. The minimum atomic E-state index is -3.08. The molecule has 4 aromatic rings. The number of anilines is 1. The van der Waals surface area contributed by atoms with E-state index in [9.17, 15) is 18.4 Å². The van der Waals surface area contributed by atoms with Gasteiger partial charge in [-0.25, -0.2) is 9.50 Å². The number of hydrogen-bond acceptors (Lipinski definition) is 6. The molecule has 1 amide bonds. The van der Waals surface area contributed by atoms with Crippen LogP contribution >= 0.6 is 11.6 Å². The zero-order valence-electron chi connectivity index (χ0n) is 18.2. The van der Waals surface area contributed by atoms with Gasteiger partial charge in [0.05, 0.1) is 18.1 Å². The summed E-state index contributed by atoms with van der Waals surface area (Å²) in [6, 6.07) is 5.28. The van der Waals surface area contributed by atoms with Crippen LogP contribution < -0.4 is 10.1 Å². The van der Waals surface area contributed by atoms with Crippen molar-refractivity contribution in [1.82, 2.24) is 24.4 Å². The molecule has 3 aromatic heterocycles. The minimum Gasteiger partial charge on any atom is -0.434 e. The Labute approximate surface area is 202 Å². The Morgan fingerprint density at radius 3 is 2.94 bits per heavy atom. The van der Waals surface area contributed by atoms with Gasteiger partial charge in [0.15, 0.2) is 11.4 Å². The van der Waals surface area contributed by atoms with E-state index in [1.807, 2.05) is 0 Å². The van der Waals surface area contributed by atoms with Crippen LogP contribution in [0.4, 0.5) is 14.5 Å². The maximum Gasteiger partial charge on any atom is 0.387 e. The summed E-state index contributed by atoms with van der Waals surface area (Å²) in [5.74, 6) is -0.684. The molecule has 5 rings (SSSR count). The van der Waals surface area contributed by atoms with Gasteiger partial charge < -0.3 is 10.1 Å². The molecule has 180 valence electrons. The van der Waals surface area contributed by atoms with Crippen molar-refractivity contribution in [1.29, 1.82) is 0 Å². The molecule has 1 aliphatic rings. The van der Waals surface area contributed by atoms with E-state index in [0.717, 1.165) is 12.8 Å². The molecule has 0 saturated heterocycles. The molecular weight excluding hydrogens is 482 g/mol. The smallest absolute Gasteiger partial charge is 0.387 e. The first kappa shape index (κ1) is 22.9. The summed E-state index contributed by atoms with van der Waals surface area (Å²) in [5, 5.41) is 11.7. The molecule has 1 saturated carbocycles. The van der Waals surface area contributed by atoms with Crippen molar-refractivity contribution in [2.45, 2.75) is 38.3 Å². The molecule has 0 bridgehead atoms. The molecule has 1 atom stereocenters. The molecule has 1 fully saturated rings. The normalized spacial score (nSPS) is 16.1. The fraction of sp³-hybridized carbons (Fsp3) is 0.261. The Morgan fingerprint density at radius 1 is 1.29 bits per heavy atom. The fourth-order valence-electron chi connectivity index (χ4n) is 4.15. The van der Waals surface area contributed by atoms with Crippen molar-refractivity contribution >= 4 is 34.6 Å². The van der Waals surface area contributed by atoms with Crippen LogP contribution in [0.5, 0.6) is 5.75 Å². The van der Waals surface area contributed by atoms with E-state index in [1.54, 1.807) is 12.3 Å². The van der Waals surface area contributed by atoms with Crippen molar-refractivity contribution in [3.63, 3.8) is 0 Å². The van der Waals surface area contributed by atoms with Crippen LogP contribution in [-0.2, 0) is 4.79 Å². The van der Waals surface area contributed by atoms with E-state index in [1.165, 1.54) is 46.0 Å². The average molecular weight is 501 g/mol. The molecule has 0 radical (unpaired) electrons. The molecular formula is C23H19ClF2N6O3. The van der Waals surface area contributed by atoms with Gasteiger partial charge in [0, 0.05) is 29.4 Å². The van der Waals surface area contributed by atoms with Crippen LogP contribution in [0, 0.1) is 0 Å². The number of benzene rings is 1. The van der Waals surface area contributed by atoms with E-state index in [-0.39, 0.29) is 39.1 Å². The molecule has 1 aliphatic carbocycles. The number of rotatable bonds is 6. The second-order valence-electron chi connectivity index (χ2n) is 8.02. The highest BCUT2D eigenvalue weighted by molar-refractivity contribution is 6.31. The molecule has 1 aromatic carbocycles. The summed E-state index contributed by atoms with van der Waals surface area (Å²) in [7, 11) is 0. The second kappa shape index (κ2) is 9.41. The second-order valence-corrected chi connectivity index (χ2v) is 8.45. The molecule has 12 heteroatoms. The van der Waals surface area contributed by atoms with Crippen LogP contribution in [0.25, 0.3) is 16.9 Å². The number of hydrogen-bond donors (Lipinski definition) is 1. The van der Waals surface area contributed by atoms with Gasteiger partial charge in [-0.1, -0.05) is 18.0 Å². The SMILES string of the molecule is O=C(Nc1cn([C@H]2CCCCC2=O)nc1-c1cc(Cl)ccc1OC(F)F)c1cnn2cccnc12. The lowest BCUT2D eigenvalue weighted by Gasteiger charge is -2.20. The van der Waals surface area contributed by atoms with Crippen LogP contribution in [0.3, 0.4) is 0 Å². The number of Topliss-reactive ketones (excluding diaryl/α,β-unsaturated/α-hetero) is 1. The summed E-state index contributed by atoms with van der Waals surface area (Å²) in [6.45, 7) is -3.08. The molecule has 0 spiro atoms. The Kier molecular flexibility index (Phi) is 6.16. The number of ketones is 1. The van der Waals surface area contributed by atoms with Gasteiger partial charge >= 0.3 is 6.61 Å². The number of nitrogens with zero attached hydrogens (tertiary/aromatic N) is 5. The van der Waals surface area contributed by atoms with Gasteiger partial charge in [0.1, 0.15) is 23.0 Å². The summed E-state index contributed by atoms with van der Waals surface area (Å²) in [4.78, 5) is 29.9. The standard InChI is InChI=1S/C23H19ClF2N6O3/c24-13-6-7-19(35-23(25)26)14(10-13)20-16(12-32(30-20)17-4-1-2-5-18(17)33)29-22(34)15-11-28-31-9-3-8-27-21(15)31/h3,6-12,17,23H,1-2,4-5H2,(H,29,34)/t17-/m0/s1. The first-order chi connectivity index (χ1) is 16.9. The number of ether oxygens (including phenoxy) is 1. The van der Waals surface area contributed by atoms with Crippen LogP contribution in [0.2, 0.25) is 5.02 Å². The summed E-state index contributed by atoms with van der Waals surface area (Å²) in [6.07, 6.45) is 8.73. The number of alkyl halides is 2. The predicted molar refractivity (Wildman–Crippen MR) is 123 cm³/mol. The Morgan fingerprint density at radius 2 is 2.14 bits per heavy atom. The van der Waals surface area contributed by atoms with Crippen LogP contribution in [0.15, 0.2) is 49.1 Å². The van der Waals surface area contributed by atoms with Crippen molar-refractivity contribution in [3.05, 3.63) is 59.6 Å². The van der Waals surface area contributed by atoms with E-state index >= 15 is 0 Å². The summed E-state index contributed by atoms with van der Waals surface area (Å²) < 4.78 is 33.8. The molecule has 0 unspecified atom stereocenters. The monoisotopic (exact) mass is 500 g/mol. The highest BCUT2D eigenvalue weighted by atomic mass is 35.5. The number of halogens is 3. The van der Waals surface area contributed by atoms with Crippen molar-refractivity contribution in [2.24, 2.45) is 0 Å². The number of nitrogens with one attached hydrogen (secondary N) is 1. The van der Waals surface area contributed by atoms with E-state index in [4.69, 9.17) is 11.6 Å². The van der Waals surface area contributed by atoms with Gasteiger partial charge in [-0.2, -0.15) is 19.0 Å². The molecule has 0 aliphatic heterocycles. The first-order valence-corrected chi connectivity index (χ1v) is 11.2. The minimum absolute atomic E-state index is 0.0187. The third-order valence-corrected chi connectivity index (χ3v) is 5.99. The zero-order valence-corrected chi connectivity index (χ0v) is 19.0. The van der Waals surface area contributed by atoms with E-state index in [2.05, 4.69) is 25.2 Å². The van der Waals surface area contributed by atoms with Gasteiger partial charge in [0.25, 0.3) is 5.91 Å². The zero-order chi connectivity index (χ0) is 24.5. The third kappa shape index (κ3) is 4.59. The lowest BCUT2D eigenvalue weighted by Crippen LogP contribution is -2.23. The number of amides is 1. The van der Waals surface area contributed by atoms with Crippen molar-refractivity contribution < 1.29 is 23.1 Å². The average Bonchev–Trinajstić information content (AvgIpc) is 3.45. The lowest BCUT2D eigenvalue weighted by molar-refractivity contribution is -0.124. The number of aromatic nitrogens is 5. The third-order valence-electron chi connectivity index (χ3n) is 5.76. The topological polar surface area (TPSA) is 103 Å². The van der Waals surface area contributed by atoms with Gasteiger partial charge in [-0.3, -0.25) is 14.3 Å². The van der Waals surface area contributed by atoms with Gasteiger partial charge in [-0.15, -0.1) is 0 Å². The molecule has 35 heavy (non-hydrogen) atoms. The van der Waals surface area contributed by atoms with E-state index in [0.29, 0.717) is 18.5 Å². The maximum absolute atomic E-state index is 13.2. The first-order valence-electron chi connectivity index (χ1n) is 10.9. The van der Waals surface area contributed by atoms with Gasteiger partial charge in [-0.05, 0) is 37.1 Å². The summed E-state index contributed by atoms with van der Waals surface area (Å²) in [5.41, 5.74) is 1.02. The summed E-state index contributed by atoms with van der Waals surface area (Å²) >= 11 is 6.15. The van der Waals surface area contributed by atoms with Crippen LogP contribution in [-0.4, -0.2) is 42.7 Å². The Hall–Kier alpha value is -3.86. The van der Waals surface area contributed by atoms with Crippen molar-refractivity contribution in [2.75, 3.05) is 5.32 Å². The Balaban J connectivity index is 1.59. The number of carbonyl (C=O) groups is 2. The largest absolute Gasteiger partial charge is 0.434 e. The molecule has 3 heterocycles. The maximum atomic E-state index is 13.2. The lowest BCUT2D eigenvalue weighted by atomic mass is 9.94. The van der Waals surface area contributed by atoms with Crippen LogP contribution in [0.1, 0.15) is 42.1 Å². The predicted octanol–water partition coefficient (Wildman–Crippen LogP) is 4.78. The molecule has 1 N–H and O–H groups in total. The van der Waals surface area contributed by atoms with E-state index < -0.39 is 18.6 Å². The number of carbonyl (C=O) groups excluding carboxylic acids is 2. The van der Waals surface area contributed by atoms with Gasteiger partial charge in [0.2, 0.25) is 0 Å². The quantitative estimate of drug-likeness (QED) is 0.408. The number of fused-ring (bicyclic) bond motifs is 1.